The van der Waals surface area contributed by atoms with Crippen molar-refractivity contribution in [3.8, 4) is 0 Å². The third-order valence-corrected chi connectivity index (χ3v) is 1.66. The second-order valence-corrected chi connectivity index (χ2v) is 2.80. The van der Waals surface area contributed by atoms with Crippen molar-refractivity contribution in [1.82, 2.24) is 9.97 Å². The highest BCUT2D eigenvalue weighted by atomic mass is 14.9. The second-order valence-electron chi connectivity index (χ2n) is 2.80. The van der Waals surface area contributed by atoms with Crippen LogP contribution >= 0.6 is 0 Å². The molecule has 1 rings (SSSR count). The van der Waals surface area contributed by atoms with Crippen molar-refractivity contribution in [2.24, 2.45) is 0 Å². The van der Waals surface area contributed by atoms with Crippen LogP contribution in [0.1, 0.15) is 25.2 Å². The van der Waals surface area contributed by atoms with E-state index in [1.165, 1.54) is 5.57 Å². The molecule has 0 amide bonds. The minimum absolute atomic E-state index is 1.02. The summed E-state index contributed by atoms with van der Waals surface area (Å²) in [7, 11) is 0. The van der Waals surface area contributed by atoms with Crippen LogP contribution in [0.2, 0.25) is 0 Å². The van der Waals surface area contributed by atoms with Crippen molar-refractivity contribution < 1.29 is 0 Å². The van der Waals surface area contributed by atoms with Crippen molar-refractivity contribution in [2.45, 2.75) is 20.8 Å². The Kier molecular flexibility index (Phi) is 2.86. The highest BCUT2D eigenvalue weighted by molar-refractivity contribution is 5.53. The summed E-state index contributed by atoms with van der Waals surface area (Å²) in [5, 5.41) is 0. The predicted octanol–water partition coefficient (Wildman–Crippen LogP) is 2.70. The van der Waals surface area contributed by atoms with E-state index in [4.69, 9.17) is 0 Å². The van der Waals surface area contributed by atoms with E-state index in [0.717, 1.165) is 11.4 Å². The molecule has 1 heterocycles. The number of aromatic nitrogens is 2. The number of H-pyrrole nitrogens is 1. The first kappa shape index (κ1) is 8.78. The van der Waals surface area contributed by atoms with Crippen LogP contribution in [-0.4, -0.2) is 9.97 Å². The number of hydrogen-bond acceptors (Lipinski definition) is 1. The lowest BCUT2D eigenvalue weighted by atomic mass is 10.2. The Bertz CT molecular complexity index is 305. The maximum absolute atomic E-state index is 4.17. The van der Waals surface area contributed by atoms with Gasteiger partial charge in [0.05, 0.1) is 12.0 Å². The number of allylic oxidation sites excluding steroid dienone is 3. The van der Waals surface area contributed by atoms with E-state index in [1.54, 1.807) is 6.33 Å². The SMILES string of the molecule is C/C=C\C(C)=C/c1nc[nH]c1C. The molecule has 0 atom stereocenters. The van der Waals surface area contributed by atoms with Gasteiger partial charge in [0.15, 0.2) is 0 Å². The van der Waals surface area contributed by atoms with Gasteiger partial charge in [-0.2, -0.15) is 0 Å². The molecule has 0 radical (unpaired) electrons. The zero-order chi connectivity index (χ0) is 8.97. The molecule has 0 unspecified atom stereocenters. The molecule has 1 N–H and O–H groups in total. The van der Waals surface area contributed by atoms with Crippen LogP contribution in [0.15, 0.2) is 24.1 Å². The fraction of sp³-hybridized carbons (Fsp3) is 0.300. The van der Waals surface area contributed by atoms with Gasteiger partial charge in [-0.05, 0) is 32.4 Å². The third-order valence-electron chi connectivity index (χ3n) is 1.66. The van der Waals surface area contributed by atoms with Crippen LogP contribution in [0, 0.1) is 6.92 Å². The van der Waals surface area contributed by atoms with E-state index in [1.807, 2.05) is 19.9 Å². The molecule has 0 aliphatic heterocycles. The average molecular weight is 162 g/mol. The van der Waals surface area contributed by atoms with Gasteiger partial charge in [0.2, 0.25) is 0 Å². The zero-order valence-electron chi connectivity index (χ0n) is 7.76. The maximum Gasteiger partial charge on any atom is 0.0929 e. The second kappa shape index (κ2) is 3.90. The summed E-state index contributed by atoms with van der Waals surface area (Å²) < 4.78 is 0. The van der Waals surface area contributed by atoms with Gasteiger partial charge in [0.25, 0.3) is 0 Å². The van der Waals surface area contributed by atoms with Gasteiger partial charge in [-0.25, -0.2) is 4.98 Å². The molecule has 0 spiro atoms. The van der Waals surface area contributed by atoms with Crippen LogP contribution < -0.4 is 0 Å². The normalized spacial score (nSPS) is 12.8. The van der Waals surface area contributed by atoms with Crippen LogP contribution in [-0.2, 0) is 0 Å². The van der Waals surface area contributed by atoms with Gasteiger partial charge in [0, 0.05) is 5.69 Å². The molecule has 0 saturated heterocycles. The quantitative estimate of drug-likeness (QED) is 0.665. The molecule has 0 bridgehead atoms. The first-order chi connectivity index (χ1) is 5.74. The summed E-state index contributed by atoms with van der Waals surface area (Å²) in [5.41, 5.74) is 3.34. The van der Waals surface area contributed by atoms with E-state index < -0.39 is 0 Å². The van der Waals surface area contributed by atoms with Gasteiger partial charge < -0.3 is 4.98 Å². The number of imidazole rings is 1. The molecule has 1 aromatic heterocycles. The molecule has 64 valence electrons. The third kappa shape index (κ3) is 2.09. The highest BCUT2D eigenvalue weighted by Gasteiger charge is 1.95. The van der Waals surface area contributed by atoms with Crippen LogP contribution in [0.3, 0.4) is 0 Å². The molecule has 0 aliphatic carbocycles. The highest BCUT2D eigenvalue weighted by Crippen LogP contribution is 2.07. The van der Waals surface area contributed by atoms with E-state index >= 15 is 0 Å². The van der Waals surface area contributed by atoms with Crippen molar-refractivity contribution in [3.63, 3.8) is 0 Å². The fourth-order valence-corrected chi connectivity index (χ4v) is 1.04. The average Bonchev–Trinajstić information content (AvgIpc) is 2.37. The van der Waals surface area contributed by atoms with E-state index in [2.05, 4.69) is 29.0 Å². The lowest BCUT2D eigenvalue weighted by molar-refractivity contribution is 1.25. The number of rotatable bonds is 2. The fourth-order valence-electron chi connectivity index (χ4n) is 1.04. The Morgan fingerprint density at radius 1 is 1.58 bits per heavy atom. The molecule has 2 nitrogen and oxygen atoms in total. The van der Waals surface area contributed by atoms with Crippen LogP contribution in [0.5, 0.6) is 0 Å². The van der Waals surface area contributed by atoms with Gasteiger partial charge >= 0.3 is 0 Å². The van der Waals surface area contributed by atoms with Crippen molar-refractivity contribution >= 4 is 6.08 Å². The smallest absolute Gasteiger partial charge is 0.0929 e. The summed E-state index contributed by atoms with van der Waals surface area (Å²) in [6.45, 7) is 6.09. The summed E-state index contributed by atoms with van der Waals surface area (Å²) in [6, 6.07) is 0. The first-order valence-electron chi connectivity index (χ1n) is 4.05. The van der Waals surface area contributed by atoms with E-state index in [9.17, 15) is 0 Å². The summed E-state index contributed by atoms with van der Waals surface area (Å²) in [5.74, 6) is 0. The Morgan fingerprint density at radius 3 is 2.83 bits per heavy atom. The van der Waals surface area contributed by atoms with Gasteiger partial charge in [0.1, 0.15) is 0 Å². The molecular formula is C10H14N2. The number of aryl methyl sites for hydroxylation is 1. The summed E-state index contributed by atoms with van der Waals surface area (Å²) in [6.07, 6.45) is 7.86. The number of nitrogens with zero attached hydrogens (tertiary/aromatic N) is 1. The van der Waals surface area contributed by atoms with Gasteiger partial charge in [-0.15, -0.1) is 0 Å². The molecule has 0 aliphatic rings. The molecule has 0 aromatic carbocycles. The minimum Gasteiger partial charge on any atom is -0.348 e. The van der Waals surface area contributed by atoms with Gasteiger partial charge in [-0.1, -0.05) is 12.2 Å². The predicted molar refractivity (Wildman–Crippen MR) is 51.8 cm³/mol. The minimum atomic E-state index is 1.02. The van der Waals surface area contributed by atoms with Crippen LogP contribution in [0.4, 0.5) is 0 Å². The monoisotopic (exact) mass is 162 g/mol. The molecule has 12 heavy (non-hydrogen) atoms. The Labute approximate surface area is 73.0 Å². The maximum atomic E-state index is 4.17. The molecule has 0 fully saturated rings. The van der Waals surface area contributed by atoms with E-state index in [-0.39, 0.29) is 0 Å². The lowest BCUT2D eigenvalue weighted by Crippen LogP contribution is -1.77. The van der Waals surface area contributed by atoms with Crippen molar-refractivity contribution in [1.29, 1.82) is 0 Å². The number of aromatic amines is 1. The van der Waals surface area contributed by atoms with Crippen molar-refractivity contribution in [2.75, 3.05) is 0 Å². The number of hydrogen-bond donors (Lipinski definition) is 1. The first-order valence-corrected chi connectivity index (χ1v) is 4.05. The molecular weight excluding hydrogens is 148 g/mol. The standard InChI is InChI=1S/C10H14N2/c1-4-5-8(2)6-10-9(3)11-7-12-10/h4-7H,1-3H3,(H,11,12)/b5-4-,8-6-. The molecule has 1 aromatic rings. The summed E-state index contributed by atoms with van der Waals surface area (Å²) in [4.78, 5) is 7.21. The van der Waals surface area contributed by atoms with Gasteiger partial charge in [-0.3, -0.25) is 0 Å². The Morgan fingerprint density at radius 2 is 2.33 bits per heavy atom. The molecule has 2 heteroatoms. The lowest BCUT2D eigenvalue weighted by Gasteiger charge is -1.91. The largest absolute Gasteiger partial charge is 0.348 e. The van der Waals surface area contributed by atoms with E-state index in [0.29, 0.717) is 0 Å². The number of nitrogens with one attached hydrogen (secondary N) is 1. The topological polar surface area (TPSA) is 28.7 Å². The zero-order valence-corrected chi connectivity index (χ0v) is 7.76. The van der Waals surface area contributed by atoms with Crippen LogP contribution in [0.25, 0.3) is 6.08 Å². The Hall–Kier alpha value is -1.31. The molecule has 0 saturated carbocycles. The van der Waals surface area contributed by atoms with Crippen molar-refractivity contribution in [3.05, 3.63) is 35.4 Å². The Balaban J connectivity index is 2.87. The summed E-state index contributed by atoms with van der Waals surface area (Å²) >= 11 is 0.